The Balaban J connectivity index is 1.85. The largest absolute Gasteiger partial charge is 0.367 e. The highest BCUT2D eigenvalue weighted by molar-refractivity contribution is 14.1. The molecular weight excluding hydrogens is 345 g/mol. The first-order chi connectivity index (χ1) is 8.65. The van der Waals surface area contributed by atoms with Crippen LogP contribution in [0.2, 0.25) is 0 Å². The first-order valence-electron chi connectivity index (χ1n) is 6.27. The van der Waals surface area contributed by atoms with Crippen LogP contribution in [-0.4, -0.2) is 40.6 Å². The molecule has 1 aromatic heterocycles. The van der Waals surface area contributed by atoms with E-state index >= 15 is 0 Å². The maximum atomic E-state index is 11.8. The molecule has 0 spiro atoms. The lowest BCUT2D eigenvalue weighted by Crippen LogP contribution is -2.43. The number of aromatic amines is 1. The number of morpholine rings is 1. The van der Waals surface area contributed by atoms with Gasteiger partial charge >= 0.3 is 0 Å². The van der Waals surface area contributed by atoms with Crippen LogP contribution in [0.15, 0.2) is 4.79 Å². The zero-order valence-corrected chi connectivity index (χ0v) is 12.4. The standard InChI is InChI=1S/C12H16IN3O2/c1-7-10(13)12(17)15-11(14-7)9-5-16-4-2-3-8(16)6-18-9/h8-9H,2-6H2,1H3,(H,14,15,17). The highest BCUT2D eigenvalue weighted by Gasteiger charge is 2.33. The van der Waals surface area contributed by atoms with Gasteiger partial charge in [0.25, 0.3) is 5.56 Å². The molecule has 1 N–H and O–H groups in total. The molecule has 2 aliphatic rings. The Bertz CT molecular complexity index is 517. The lowest BCUT2D eigenvalue weighted by Gasteiger charge is -2.34. The van der Waals surface area contributed by atoms with E-state index in [4.69, 9.17) is 4.74 Å². The second-order valence-electron chi connectivity index (χ2n) is 4.96. The molecule has 0 radical (unpaired) electrons. The number of hydrogen-bond donors (Lipinski definition) is 1. The summed E-state index contributed by atoms with van der Waals surface area (Å²) in [5.41, 5.74) is 0.715. The average Bonchev–Trinajstić information content (AvgIpc) is 2.82. The van der Waals surface area contributed by atoms with Crippen molar-refractivity contribution >= 4 is 22.6 Å². The third-order valence-corrected chi connectivity index (χ3v) is 5.01. The van der Waals surface area contributed by atoms with Crippen LogP contribution in [0.4, 0.5) is 0 Å². The van der Waals surface area contributed by atoms with E-state index in [0.717, 1.165) is 25.4 Å². The van der Waals surface area contributed by atoms with Crippen molar-refractivity contribution < 1.29 is 4.74 Å². The number of nitrogens with one attached hydrogen (secondary N) is 1. The second-order valence-corrected chi connectivity index (χ2v) is 6.04. The second kappa shape index (κ2) is 4.90. The Morgan fingerprint density at radius 1 is 1.56 bits per heavy atom. The van der Waals surface area contributed by atoms with Gasteiger partial charge in [0.05, 0.1) is 15.9 Å². The van der Waals surface area contributed by atoms with Crippen LogP contribution < -0.4 is 5.56 Å². The van der Waals surface area contributed by atoms with Crippen LogP contribution in [0.3, 0.4) is 0 Å². The van der Waals surface area contributed by atoms with Gasteiger partial charge in [0.2, 0.25) is 0 Å². The topological polar surface area (TPSA) is 58.2 Å². The Labute approximate surface area is 119 Å². The zero-order valence-electron chi connectivity index (χ0n) is 10.3. The van der Waals surface area contributed by atoms with Gasteiger partial charge in [0.15, 0.2) is 0 Å². The molecule has 2 unspecified atom stereocenters. The first-order valence-corrected chi connectivity index (χ1v) is 7.35. The number of rotatable bonds is 1. The van der Waals surface area contributed by atoms with Crippen molar-refractivity contribution in [3.63, 3.8) is 0 Å². The maximum Gasteiger partial charge on any atom is 0.264 e. The van der Waals surface area contributed by atoms with Crippen molar-refractivity contribution in [1.82, 2.24) is 14.9 Å². The molecule has 0 aromatic carbocycles. The SMILES string of the molecule is Cc1nc(C2CN3CCCC3CO2)[nH]c(=O)c1I. The fourth-order valence-electron chi connectivity index (χ4n) is 2.73. The monoisotopic (exact) mass is 361 g/mol. The quantitative estimate of drug-likeness (QED) is 0.765. The lowest BCUT2D eigenvalue weighted by molar-refractivity contribution is -0.0543. The van der Waals surface area contributed by atoms with Crippen LogP contribution in [0.5, 0.6) is 0 Å². The number of aryl methyl sites for hydroxylation is 1. The number of H-pyrrole nitrogens is 1. The lowest BCUT2D eigenvalue weighted by atomic mass is 10.2. The number of halogens is 1. The molecule has 3 heterocycles. The summed E-state index contributed by atoms with van der Waals surface area (Å²) in [7, 11) is 0. The summed E-state index contributed by atoms with van der Waals surface area (Å²) in [5.74, 6) is 0.670. The van der Waals surface area contributed by atoms with Crippen molar-refractivity contribution in [1.29, 1.82) is 0 Å². The average molecular weight is 361 g/mol. The molecule has 6 heteroatoms. The summed E-state index contributed by atoms with van der Waals surface area (Å²) in [6.45, 7) is 4.59. The maximum absolute atomic E-state index is 11.8. The fraction of sp³-hybridized carbons (Fsp3) is 0.667. The minimum absolute atomic E-state index is 0.0646. The van der Waals surface area contributed by atoms with Gasteiger partial charge in [-0.05, 0) is 48.9 Å². The van der Waals surface area contributed by atoms with E-state index in [-0.39, 0.29) is 11.7 Å². The smallest absolute Gasteiger partial charge is 0.264 e. The van der Waals surface area contributed by atoms with Crippen LogP contribution >= 0.6 is 22.6 Å². The van der Waals surface area contributed by atoms with Gasteiger partial charge in [-0.15, -0.1) is 0 Å². The van der Waals surface area contributed by atoms with E-state index in [2.05, 4.69) is 14.9 Å². The third-order valence-electron chi connectivity index (χ3n) is 3.74. The molecule has 2 saturated heterocycles. The fourth-order valence-corrected chi connectivity index (χ4v) is 2.98. The number of ether oxygens (including phenoxy) is 1. The number of fused-ring (bicyclic) bond motifs is 1. The van der Waals surface area contributed by atoms with E-state index < -0.39 is 0 Å². The highest BCUT2D eigenvalue weighted by atomic mass is 127. The predicted octanol–water partition coefficient (Wildman–Crippen LogP) is 1.22. The highest BCUT2D eigenvalue weighted by Crippen LogP contribution is 2.28. The summed E-state index contributed by atoms with van der Waals surface area (Å²) >= 11 is 2.02. The van der Waals surface area contributed by atoms with E-state index in [0.29, 0.717) is 15.4 Å². The molecule has 5 nitrogen and oxygen atoms in total. The van der Waals surface area contributed by atoms with Crippen molar-refractivity contribution in [2.75, 3.05) is 19.7 Å². The minimum atomic E-state index is -0.0947. The minimum Gasteiger partial charge on any atom is -0.367 e. The van der Waals surface area contributed by atoms with Crippen LogP contribution in [0.25, 0.3) is 0 Å². The van der Waals surface area contributed by atoms with Gasteiger partial charge in [-0.1, -0.05) is 0 Å². The van der Waals surface area contributed by atoms with Crippen molar-refractivity contribution in [2.24, 2.45) is 0 Å². The Hall–Kier alpha value is -0.470. The van der Waals surface area contributed by atoms with Gasteiger partial charge in [-0.2, -0.15) is 0 Å². The van der Waals surface area contributed by atoms with Gasteiger partial charge in [-0.3, -0.25) is 9.69 Å². The normalized spacial score (nSPS) is 28.3. The summed E-state index contributed by atoms with van der Waals surface area (Å²) in [6, 6.07) is 0.568. The molecule has 1 aromatic rings. The molecule has 0 amide bonds. The summed E-state index contributed by atoms with van der Waals surface area (Å²) in [6.07, 6.45) is 2.38. The molecule has 0 saturated carbocycles. The molecule has 2 aliphatic heterocycles. The van der Waals surface area contributed by atoms with Crippen molar-refractivity contribution in [2.45, 2.75) is 31.9 Å². The van der Waals surface area contributed by atoms with E-state index in [9.17, 15) is 4.79 Å². The molecule has 2 atom stereocenters. The van der Waals surface area contributed by atoms with Gasteiger partial charge in [-0.25, -0.2) is 4.98 Å². The molecule has 98 valence electrons. The van der Waals surface area contributed by atoms with Crippen LogP contribution in [0.1, 0.15) is 30.5 Å². The Morgan fingerprint density at radius 3 is 3.17 bits per heavy atom. The van der Waals surface area contributed by atoms with Crippen molar-refractivity contribution in [3.8, 4) is 0 Å². The van der Waals surface area contributed by atoms with E-state index in [1.54, 1.807) is 0 Å². The first kappa shape index (κ1) is 12.6. The Kier molecular flexibility index (Phi) is 3.42. The molecule has 0 bridgehead atoms. The van der Waals surface area contributed by atoms with Crippen molar-refractivity contribution in [3.05, 3.63) is 25.4 Å². The molecule has 2 fully saturated rings. The third kappa shape index (κ3) is 2.21. The molecule has 18 heavy (non-hydrogen) atoms. The van der Waals surface area contributed by atoms with E-state index in [1.807, 2.05) is 29.5 Å². The van der Waals surface area contributed by atoms with Crippen LogP contribution in [0, 0.1) is 10.5 Å². The Morgan fingerprint density at radius 2 is 2.39 bits per heavy atom. The van der Waals surface area contributed by atoms with Crippen LogP contribution in [-0.2, 0) is 4.74 Å². The number of aromatic nitrogens is 2. The predicted molar refractivity (Wildman–Crippen MR) is 75.6 cm³/mol. The molecular formula is C12H16IN3O2. The van der Waals surface area contributed by atoms with Gasteiger partial charge in [0.1, 0.15) is 11.9 Å². The molecule has 0 aliphatic carbocycles. The summed E-state index contributed by atoms with van der Waals surface area (Å²) in [5, 5.41) is 0. The summed E-state index contributed by atoms with van der Waals surface area (Å²) < 4.78 is 6.51. The van der Waals surface area contributed by atoms with Gasteiger partial charge < -0.3 is 9.72 Å². The molecule has 3 rings (SSSR count). The summed E-state index contributed by atoms with van der Waals surface area (Å²) in [4.78, 5) is 21.5. The van der Waals surface area contributed by atoms with Gasteiger partial charge in [0, 0.05) is 12.6 Å². The number of hydrogen-bond acceptors (Lipinski definition) is 4. The zero-order chi connectivity index (χ0) is 12.7. The number of nitrogens with zero attached hydrogens (tertiary/aromatic N) is 2. The van der Waals surface area contributed by atoms with E-state index in [1.165, 1.54) is 12.8 Å².